The van der Waals surface area contributed by atoms with Gasteiger partial charge in [0.2, 0.25) is 0 Å². The summed E-state index contributed by atoms with van der Waals surface area (Å²) in [7, 11) is 0. The van der Waals surface area contributed by atoms with Gasteiger partial charge in [-0.3, -0.25) is 14.9 Å². The molecule has 27 heavy (non-hydrogen) atoms. The number of hydrogen-bond acceptors (Lipinski definition) is 7. The largest absolute Gasteiger partial charge is 0.486 e. The molecular weight excluding hydrogens is 380 g/mol. The van der Waals surface area contributed by atoms with Gasteiger partial charge in [0, 0.05) is 22.8 Å². The van der Waals surface area contributed by atoms with E-state index in [0.29, 0.717) is 30.4 Å². The highest BCUT2D eigenvalue weighted by molar-refractivity contribution is 6.31. The third kappa shape index (κ3) is 4.45. The van der Waals surface area contributed by atoms with Gasteiger partial charge in [0.15, 0.2) is 18.1 Å². The van der Waals surface area contributed by atoms with Gasteiger partial charge in [-0.1, -0.05) is 11.6 Å². The molecule has 2 aromatic carbocycles. The van der Waals surface area contributed by atoms with Crippen LogP contribution in [0.5, 0.6) is 11.5 Å². The Morgan fingerprint density at radius 2 is 1.89 bits per heavy atom. The molecule has 9 nitrogen and oxygen atoms in total. The molecule has 1 aliphatic heterocycles. The van der Waals surface area contributed by atoms with Crippen molar-refractivity contribution in [2.45, 2.75) is 0 Å². The summed E-state index contributed by atoms with van der Waals surface area (Å²) in [4.78, 5) is 34.3. The van der Waals surface area contributed by atoms with Crippen LogP contribution >= 0.6 is 11.6 Å². The maximum absolute atomic E-state index is 12.0. The highest BCUT2D eigenvalue weighted by Gasteiger charge is 2.22. The number of esters is 1. The molecule has 1 amide bonds. The standard InChI is InChI=1S/C17H13ClN2O7/c18-10-1-3-12(13(7-10)20(23)24)17(22)27-9-16(21)19-11-2-4-14-15(8-11)26-6-5-25-14/h1-4,7-8H,5-6,9H2,(H,19,21). The number of carbonyl (C=O) groups excluding carboxylic acids is 2. The Bertz CT molecular complexity index is 916. The van der Waals surface area contributed by atoms with Crippen LogP contribution in [0.3, 0.4) is 0 Å². The molecule has 0 bridgehead atoms. The number of nitro groups is 1. The average Bonchev–Trinajstić information content (AvgIpc) is 2.66. The fourth-order valence-corrected chi connectivity index (χ4v) is 2.52. The summed E-state index contributed by atoms with van der Waals surface area (Å²) in [5, 5.41) is 13.7. The number of anilines is 1. The molecule has 0 aromatic heterocycles. The van der Waals surface area contributed by atoms with Gasteiger partial charge >= 0.3 is 5.97 Å². The van der Waals surface area contributed by atoms with E-state index < -0.39 is 29.1 Å². The lowest BCUT2D eigenvalue weighted by molar-refractivity contribution is -0.385. The Labute approximate surface area is 157 Å². The topological polar surface area (TPSA) is 117 Å². The van der Waals surface area contributed by atoms with Gasteiger partial charge in [0.25, 0.3) is 11.6 Å². The van der Waals surface area contributed by atoms with Crippen molar-refractivity contribution in [3.8, 4) is 11.5 Å². The van der Waals surface area contributed by atoms with Crippen LogP contribution in [-0.4, -0.2) is 36.6 Å². The Morgan fingerprint density at radius 1 is 1.15 bits per heavy atom. The minimum Gasteiger partial charge on any atom is -0.486 e. The third-order valence-electron chi connectivity index (χ3n) is 3.54. The normalized spacial score (nSPS) is 12.2. The number of benzene rings is 2. The number of halogens is 1. The summed E-state index contributed by atoms with van der Waals surface area (Å²) >= 11 is 5.69. The summed E-state index contributed by atoms with van der Waals surface area (Å²) in [6, 6.07) is 8.36. The first-order valence-corrected chi connectivity index (χ1v) is 8.12. The number of fused-ring (bicyclic) bond motifs is 1. The van der Waals surface area contributed by atoms with Crippen molar-refractivity contribution in [1.29, 1.82) is 0 Å². The summed E-state index contributed by atoms with van der Waals surface area (Å²) < 4.78 is 15.6. The van der Waals surface area contributed by atoms with E-state index in [1.165, 1.54) is 12.1 Å². The van der Waals surface area contributed by atoms with Crippen molar-refractivity contribution in [2.75, 3.05) is 25.1 Å². The Balaban J connectivity index is 1.61. The van der Waals surface area contributed by atoms with Crippen LogP contribution in [0.4, 0.5) is 11.4 Å². The Morgan fingerprint density at radius 3 is 2.63 bits per heavy atom. The quantitative estimate of drug-likeness (QED) is 0.472. The zero-order valence-electron chi connectivity index (χ0n) is 13.8. The lowest BCUT2D eigenvalue weighted by Crippen LogP contribution is -2.21. The van der Waals surface area contributed by atoms with Crippen LogP contribution in [0, 0.1) is 10.1 Å². The van der Waals surface area contributed by atoms with Gasteiger partial charge in [-0.25, -0.2) is 4.79 Å². The number of carbonyl (C=O) groups is 2. The minimum atomic E-state index is -1.00. The van der Waals surface area contributed by atoms with E-state index in [9.17, 15) is 19.7 Å². The molecule has 0 fully saturated rings. The smallest absolute Gasteiger partial charge is 0.345 e. The zero-order valence-corrected chi connectivity index (χ0v) is 14.5. The average molecular weight is 393 g/mol. The van der Waals surface area contributed by atoms with Gasteiger partial charge in [-0.15, -0.1) is 0 Å². The van der Waals surface area contributed by atoms with Gasteiger partial charge in [0.1, 0.15) is 18.8 Å². The van der Waals surface area contributed by atoms with Gasteiger partial charge in [-0.2, -0.15) is 0 Å². The summed E-state index contributed by atoms with van der Waals surface area (Å²) in [6.45, 7) is 0.237. The molecule has 140 valence electrons. The van der Waals surface area contributed by atoms with Gasteiger partial charge in [0.05, 0.1) is 4.92 Å². The van der Waals surface area contributed by atoms with Crippen molar-refractivity contribution >= 4 is 34.9 Å². The van der Waals surface area contributed by atoms with E-state index in [2.05, 4.69) is 5.32 Å². The second-order valence-electron chi connectivity index (χ2n) is 5.40. The number of nitrogens with one attached hydrogen (secondary N) is 1. The van der Waals surface area contributed by atoms with E-state index in [4.69, 9.17) is 25.8 Å². The summed E-state index contributed by atoms with van der Waals surface area (Å²) in [5.41, 5.74) is -0.367. The SMILES string of the molecule is O=C(COC(=O)c1ccc(Cl)cc1[N+](=O)[O-])Nc1ccc2c(c1)OCCO2. The number of nitro benzene ring substituents is 1. The number of rotatable bonds is 5. The molecule has 1 aliphatic rings. The summed E-state index contributed by atoms with van der Waals surface area (Å²) in [5.74, 6) is -0.555. The zero-order chi connectivity index (χ0) is 19.4. The monoisotopic (exact) mass is 392 g/mol. The second-order valence-corrected chi connectivity index (χ2v) is 5.84. The Kier molecular flexibility index (Phi) is 5.41. The van der Waals surface area contributed by atoms with Gasteiger partial charge < -0.3 is 19.5 Å². The number of hydrogen-bond donors (Lipinski definition) is 1. The van der Waals surface area contributed by atoms with Gasteiger partial charge in [-0.05, 0) is 24.3 Å². The first-order valence-electron chi connectivity index (χ1n) is 7.74. The molecule has 1 heterocycles. The van der Waals surface area contributed by atoms with Crippen LogP contribution in [0.25, 0.3) is 0 Å². The Hall–Kier alpha value is -3.33. The summed E-state index contributed by atoms with van der Waals surface area (Å²) in [6.07, 6.45) is 0. The second kappa shape index (κ2) is 7.92. The fraction of sp³-hybridized carbons (Fsp3) is 0.176. The van der Waals surface area contributed by atoms with E-state index in [1.807, 2.05) is 0 Å². The van der Waals surface area contributed by atoms with Crippen molar-refractivity contribution in [1.82, 2.24) is 0 Å². The highest BCUT2D eigenvalue weighted by Crippen LogP contribution is 2.32. The molecule has 3 rings (SSSR count). The molecule has 0 aliphatic carbocycles. The number of ether oxygens (including phenoxy) is 3. The number of amides is 1. The van der Waals surface area contributed by atoms with Crippen LogP contribution in [0.15, 0.2) is 36.4 Å². The third-order valence-corrected chi connectivity index (χ3v) is 3.77. The van der Waals surface area contributed by atoms with Crippen molar-refractivity contribution in [3.05, 3.63) is 57.1 Å². The maximum Gasteiger partial charge on any atom is 0.345 e. The molecule has 0 unspecified atom stereocenters. The van der Waals surface area contributed by atoms with Crippen LogP contribution in [-0.2, 0) is 9.53 Å². The highest BCUT2D eigenvalue weighted by atomic mass is 35.5. The van der Waals surface area contributed by atoms with Crippen LogP contribution < -0.4 is 14.8 Å². The molecule has 10 heteroatoms. The first kappa shape index (κ1) is 18.5. The molecule has 0 saturated heterocycles. The predicted molar refractivity (Wildman–Crippen MR) is 94.5 cm³/mol. The molecule has 0 saturated carbocycles. The lowest BCUT2D eigenvalue weighted by atomic mass is 10.2. The fourth-order valence-electron chi connectivity index (χ4n) is 2.36. The molecule has 1 N–H and O–H groups in total. The van der Waals surface area contributed by atoms with Crippen molar-refractivity contribution in [3.63, 3.8) is 0 Å². The molecule has 0 spiro atoms. The predicted octanol–water partition coefficient (Wildman–Crippen LogP) is 2.81. The van der Waals surface area contributed by atoms with E-state index >= 15 is 0 Å². The molecule has 2 aromatic rings. The van der Waals surface area contributed by atoms with Crippen LogP contribution in [0.1, 0.15) is 10.4 Å². The molecule has 0 radical (unpaired) electrons. The van der Waals surface area contributed by atoms with E-state index in [1.54, 1.807) is 18.2 Å². The van der Waals surface area contributed by atoms with Crippen molar-refractivity contribution in [2.24, 2.45) is 0 Å². The van der Waals surface area contributed by atoms with Crippen LogP contribution in [0.2, 0.25) is 5.02 Å². The van der Waals surface area contributed by atoms with Crippen molar-refractivity contribution < 1.29 is 28.7 Å². The van der Waals surface area contributed by atoms with E-state index in [-0.39, 0.29) is 10.6 Å². The maximum atomic E-state index is 12.0. The first-order chi connectivity index (χ1) is 12.9. The van der Waals surface area contributed by atoms with E-state index in [0.717, 1.165) is 6.07 Å². The minimum absolute atomic E-state index is 0.106. The molecule has 0 atom stereocenters. The molecular formula is C17H13ClN2O7. The number of nitrogens with zero attached hydrogens (tertiary/aromatic N) is 1. The lowest BCUT2D eigenvalue weighted by Gasteiger charge is -2.19.